The Morgan fingerprint density at radius 3 is 2.50 bits per heavy atom. The van der Waals surface area contributed by atoms with Crippen molar-refractivity contribution in [2.45, 2.75) is 6.54 Å². The third-order valence-electron chi connectivity index (χ3n) is 5.20. The van der Waals surface area contributed by atoms with Crippen LogP contribution in [0, 0.1) is 11.6 Å². The smallest absolute Gasteiger partial charge is 0.340 e. The van der Waals surface area contributed by atoms with E-state index in [1.807, 2.05) is 0 Å². The number of nitrogens with zero attached hydrogens (tertiary/aromatic N) is 2. The first-order chi connectivity index (χ1) is 16.4. The number of hydrogen-bond acceptors (Lipinski definition) is 6. The summed E-state index contributed by atoms with van der Waals surface area (Å²) >= 11 is 0. The fraction of sp³-hybridized carbons (Fsp3) is 0.0833. The lowest BCUT2D eigenvalue weighted by Crippen LogP contribution is -2.14. The molecule has 0 fully saturated rings. The number of hydrogen-bond donors (Lipinski definition) is 3. The van der Waals surface area contributed by atoms with Crippen LogP contribution in [0.3, 0.4) is 0 Å². The van der Waals surface area contributed by atoms with E-state index in [0.717, 1.165) is 6.07 Å². The van der Waals surface area contributed by atoms with Gasteiger partial charge in [-0.05, 0) is 23.3 Å². The van der Waals surface area contributed by atoms with E-state index < -0.39 is 34.8 Å². The minimum absolute atomic E-state index is 0.0971. The van der Waals surface area contributed by atoms with Crippen LogP contribution in [0.15, 0.2) is 60.8 Å². The van der Waals surface area contributed by atoms with Crippen molar-refractivity contribution in [3.8, 4) is 22.4 Å². The van der Waals surface area contributed by atoms with Crippen LogP contribution in [0.2, 0.25) is 0 Å². The van der Waals surface area contributed by atoms with Gasteiger partial charge in [-0.2, -0.15) is 15.4 Å². The number of aromatic nitrogens is 3. The highest BCUT2D eigenvalue weighted by molar-refractivity contribution is 5.96. The van der Waals surface area contributed by atoms with Crippen molar-refractivity contribution in [1.29, 1.82) is 0 Å². The number of aromatic amines is 1. The second-order valence-electron chi connectivity index (χ2n) is 7.21. The van der Waals surface area contributed by atoms with Gasteiger partial charge < -0.3 is 15.2 Å². The summed E-state index contributed by atoms with van der Waals surface area (Å²) in [7, 11) is 1.21. The summed E-state index contributed by atoms with van der Waals surface area (Å²) in [5.74, 6) is -4.31. The van der Waals surface area contributed by atoms with Crippen molar-refractivity contribution in [3.05, 3.63) is 89.1 Å². The zero-order chi connectivity index (χ0) is 24.2. The number of carboxylic acid groups (broad SMARTS) is 1. The number of ether oxygens (including phenoxy) is 1. The molecule has 0 unspecified atom stereocenters. The molecule has 34 heavy (non-hydrogen) atoms. The highest BCUT2D eigenvalue weighted by Crippen LogP contribution is 2.33. The van der Waals surface area contributed by atoms with E-state index in [0.29, 0.717) is 22.4 Å². The third-order valence-corrected chi connectivity index (χ3v) is 5.20. The van der Waals surface area contributed by atoms with Crippen molar-refractivity contribution in [2.75, 3.05) is 12.4 Å². The molecule has 0 amide bonds. The van der Waals surface area contributed by atoms with Gasteiger partial charge in [0.2, 0.25) is 0 Å². The van der Waals surface area contributed by atoms with Gasteiger partial charge in [0.15, 0.2) is 5.82 Å². The quantitative estimate of drug-likeness (QED) is 0.345. The molecule has 172 valence electrons. The summed E-state index contributed by atoms with van der Waals surface area (Å²) in [5.41, 5.74) is 0.506. The van der Waals surface area contributed by atoms with E-state index in [4.69, 9.17) is 4.74 Å². The van der Waals surface area contributed by atoms with Crippen molar-refractivity contribution in [1.82, 2.24) is 15.4 Å². The summed E-state index contributed by atoms with van der Waals surface area (Å²) in [6.45, 7) is -0.182. The number of rotatable bonds is 7. The molecule has 10 heteroatoms. The standard InChI is InChI=1S/C24H18F2N4O4/c1-34-24(33)17-9-14(19-12-28-30-29-19)7-8-15(17)11-27-22-20(23(31)32)18(25)10-16(21(22)26)13-5-3-2-4-6-13/h2-10,12,27H,11H2,1H3,(H,31,32)(H,28,29,30). The molecule has 0 saturated heterocycles. The Labute approximate surface area is 192 Å². The maximum atomic E-state index is 15.4. The highest BCUT2D eigenvalue weighted by Gasteiger charge is 2.25. The van der Waals surface area contributed by atoms with E-state index in [2.05, 4.69) is 20.7 Å². The van der Waals surface area contributed by atoms with Crippen LogP contribution in [-0.2, 0) is 11.3 Å². The predicted molar refractivity (Wildman–Crippen MR) is 119 cm³/mol. The Morgan fingerprint density at radius 1 is 1.09 bits per heavy atom. The largest absolute Gasteiger partial charge is 0.478 e. The maximum absolute atomic E-state index is 15.4. The van der Waals surface area contributed by atoms with Crippen LogP contribution in [-0.4, -0.2) is 39.6 Å². The fourth-order valence-electron chi connectivity index (χ4n) is 3.54. The maximum Gasteiger partial charge on any atom is 0.340 e. The van der Waals surface area contributed by atoms with E-state index in [1.165, 1.54) is 19.4 Å². The molecule has 0 aliphatic carbocycles. The second kappa shape index (κ2) is 9.49. The van der Waals surface area contributed by atoms with Crippen LogP contribution in [0.4, 0.5) is 14.5 Å². The molecule has 8 nitrogen and oxygen atoms in total. The van der Waals surface area contributed by atoms with Gasteiger partial charge >= 0.3 is 11.9 Å². The number of carboxylic acids is 1. The molecule has 0 saturated carbocycles. The average Bonchev–Trinajstić information content (AvgIpc) is 3.39. The van der Waals surface area contributed by atoms with Crippen LogP contribution < -0.4 is 5.32 Å². The predicted octanol–water partition coefficient (Wildman–Crippen LogP) is 4.51. The number of nitrogens with one attached hydrogen (secondary N) is 2. The Kier molecular flexibility index (Phi) is 6.30. The number of carbonyl (C=O) groups is 2. The molecule has 0 atom stereocenters. The molecule has 0 aliphatic heterocycles. The third kappa shape index (κ3) is 4.33. The number of aromatic carboxylic acids is 1. The van der Waals surface area contributed by atoms with Gasteiger partial charge in [0.05, 0.1) is 24.6 Å². The highest BCUT2D eigenvalue weighted by atomic mass is 19.1. The summed E-state index contributed by atoms with van der Waals surface area (Å²) in [6, 6.07) is 13.8. The van der Waals surface area contributed by atoms with Crippen LogP contribution in [0.5, 0.6) is 0 Å². The van der Waals surface area contributed by atoms with Crippen molar-refractivity contribution in [2.24, 2.45) is 0 Å². The van der Waals surface area contributed by atoms with Crippen LogP contribution in [0.25, 0.3) is 22.4 Å². The first-order valence-electron chi connectivity index (χ1n) is 10.0. The molecular weight excluding hydrogens is 446 g/mol. The molecule has 0 bridgehead atoms. The van der Waals surface area contributed by atoms with E-state index >= 15 is 4.39 Å². The minimum Gasteiger partial charge on any atom is -0.478 e. The van der Waals surface area contributed by atoms with Gasteiger partial charge in [0.1, 0.15) is 17.1 Å². The Hall–Kier alpha value is -4.60. The van der Waals surface area contributed by atoms with Gasteiger partial charge in [0, 0.05) is 17.7 Å². The molecule has 3 aromatic carbocycles. The first kappa shape index (κ1) is 22.6. The summed E-state index contributed by atoms with van der Waals surface area (Å²) in [6.07, 6.45) is 1.47. The lowest BCUT2D eigenvalue weighted by Gasteiger charge is -2.16. The summed E-state index contributed by atoms with van der Waals surface area (Å²) < 4.78 is 35.0. The Morgan fingerprint density at radius 2 is 1.85 bits per heavy atom. The van der Waals surface area contributed by atoms with Crippen molar-refractivity contribution in [3.63, 3.8) is 0 Å². The molecule has 0 aliphatic rings. The van der Waals surface area contributed by atoms with Gasteiger partial charge in [0.25, 0.3) is 0 Å². The topological polar surface area (TPSA) is 117 Å². The van der Waals surface area contributed by atoms with E-state index in [1.54, 1.807) is 42.5 Å². The fourth-order valence-corrected chi connectivity index (χ4v) is 3.54. The van der Waals surface area contributed by atoms with Gasteiger partial charge in [-0.1, -0.05) is 42.5 Å². The number of anilines is 1. The van der Waals surface area contributed by atoms with Crippen LogP contribution in [0.1, 0.15) is 26.3 Å². The second-order valence-corrected chi connectivity index (χ2v) is 7.21. The van der Waals surface area contributed by atoms with E-state index in [-0.39, 0.29) is 17.7 Å². The number of halogens is 2. The number of esters is 1. The molecule has 0 radical (unpaired) electrons. The lowest BCUT2D eigenvalue weighted by atomic mass is 9.99. The van der Waals surface area contributed by atoms with Gasteiger partial charge in [-0.3, -0.25) is 0 Å². The van der Waals surface area contributed by atoms with Gasteiger partial charge in [-0.25, -0.2) is 18.4 Å². The molecule has 1 heterocycles. The number of carbonyl (C=O) groups excluding carboxylic acids is 1. The van der Waals surface area contributed by atoms with Gasteiger partial charge in [-0.15, -0.1) is 0 Å². The molecule has 4 rings (SSSR count). The SMILES string of the molecule is COC(=O)c1cc(-c2cn[nH]n2)ccc1CNc1c(F)c(-c2ccccc2)cc(F)c1C(=O)O. The zero-order valence-corrected chi connectivity index (χ0v) is 17.8. The normalized spacial score (nSPS) is 10.7. The molecule has 1 aromatic heterocycles. The summed E-state index contributed by atoms with van der Waals surface area (Å²) in [5, 5.41) is 22.4. The lowest BCUT2D eigenvalue weighted by molar-refractivity contribution is 0.0598. The Bertz CT molecular complexity index is 1360. The minimum atomic E-state index is -1.63. The average molecular weight is 464 g/mol. The van der Waals surface area contributed by atoms with Crippen LogP contribution >= 0.6 is 0 Å². The van der Waals surface area contributed by atoms with Crippen molar-refractivity contribution >= 4 is 17.6 Å². The number of methoxy groups -OCH3 is 1. The molecule has 0 spiro atoms. The molecular formula is C24H18F2N4O4. The number of benzene rings is 3. The molecule has 4 aromatic rings. The molecule has 3 N–H and O–H groups in total. The Balaban J connectivity index is 1.75. The number of H-pyrrole nitrogens is 1. The van der Waals surface area contributed by atoms with E-state index in [9.17, 15) is 19.1 Å². The first-order valence-corrected chi connectivity index (χ1v) is 10.0. The monoisotopic (exact) mass is 464 g/mol. The summed E-state index contributed by atoms with van der Waals surface area (Å²) in [4.78, 5) is 24.1. The van der Waals surface area contributed by atoms with Crippen molar-refractivity contribution < 1.29 is 28.2 Å². The zero-order valence-electron chi connectivity index (χ0n) is 17.8.